The van der Waals surface area contributed by atoms with Crippen molar-refractivity contribution in [2.75, 3.05) is 13.7 Å². The number of methoxy groups -OCH3 is 1. The number of carbonyl (C=O) groups excluding carboxylic acids is 2. The van der Waals surface area contributed by atoms with Gasteiger partial charge in [-0.15, -0.1) is 0 Å². The highest BCUT2D eigenvalue weighted by Gasteiger charge is 2.22. The summed E-state index contributed by atoms with van der Waals surface area (Å²) in [5.41, 5.74) is 2.51. The third-order valence-electron chi connectivity index (χ3n) is 4.10. The average Bonchev–Trinajstić information content (AvgIpc) is 2.61. The van der Waals surface area contributed by atoms with Gasteiger partial charge < -0.3 is 9.64 Å². The summed E-state index contributed by atoms with van der Waals surface area (Å²) >= 11 is 0. The van der Waals surface area contributed by atoms with E-state index in [1.165, 1.54) is 30.2 Å². The molecule has 26 heavy (non-hydrogen) atoms. The predicted octanol–water partition coefficient (Wildman–Crippen LogP) is 3.03. The number of ether oxygens (including phenoxy) is 1. The van der Waals surface area contributed by atoms with Crippen LogP contribution in [0.4, 0.5) is 5.69 Å². The molecule has 2 aromatic carbocycles. The van der Waals surface area contributed by atoms with E-state index in [-0.39, 0.29) is 24.3 Å². The summed E-state index contributed by atoms with van der Waals surface area (Å²) in [7, 11) is 1.26. The molecule has 2 rings (SSSR count). The lowest BCUT2D eigenvalue weighted by atomic mass is 10.1. The molecule has 0 bridgehead atoms. The molecule has 0 spiro atoms. The lowest BCUT2D eigenvalue weighted by molar-refractivity contribution is -0.385. The number of amides is 1. The predicted molar refractivity (Wildman–Crippen MR) is 95.8 cm³/mol. The fraction of sp³-hybridized carbons (Fsp3) is 0.263. The Balaban J connectivity index is 2.33. The van der Waals surface area contributed by atoms with E-state index in [1.807, 2.05) is 31.2 Å². The summed E-state index contributed by atoms with van der Waals surface area (Å²) in [5, 5.41) is 10.9. The molecule has 1 amide bonds. The van der Waals surface area contributed by atoms with Crippen LogP contribution in [-0.2, 0) is 16.1 Å². The zero-order valence-corrected chi connectivity index (χ0v) is 14.9. The topological polar surface area (TPSA) is 89.8 Å². The van der Waals surface area contributed by atoms with Crippen molar-refractivity contribution < 1.29 is 19.2 Å². The molecule has 0 heterocycles. The van der Waals surface area contributed by atoms with Gasteiger partial charge in [0.05, 0.1) is 12.0 Å². The molecular weight excluding hydrogens is 336 g/mol. The molecule has 0 aromatic heterocycles. The second-order valence-electron chi connectivity index (χ2n) is 5.92. The van der Waals surface area contributed by atoms with Crippen LogP contribution in [0.1, 0.15) is 27.0 Å². The van der Waals surface area contributed by atoms with Gasteiger partial charge in [-0.3, -0.25) is 19.7 Å². The number of benzene rings is 2. The summed E-state index contributed by atoms with van der Waals surface area (Å²) in [4.78, 5) is 36.5. The first-order chi connectivity index (χ1) is 12.3. The molecule has 0 fully saturated rings. The van der Waals surface area contributed by atoms with E-state index in [9.17, 15) is 19.7 Å². The molecule has 0 saturated carbocycles. The molecule has 0 atom stereocenters. The summed E-state index contributed by atoms with van der Waals surface area (Å²) in [6, 6.07) is 11.7. The van der Waals surface area contributed by atoms with E-state index in [0.29, 0.717) is 5.56 Å². The lowest BCUT2D eigenvalue weighted by Crippen LogP contribution is -2.36. The van der Waals surface area contributed by atoms with Gasteiger partial charge in [0.1, 0.15) is 6.54 Å². The average molecular weight is 356 g/mol. The molecular formula is C19H20N2O5. The summed E-state index contributed by atoms with van der Waals surface area (Å²) in [5.74, 6) is -0.929. The fourth-order valence-electron chi connectivity index (χ4n) is 2.59. The number of aryl methyl sites for hydroxylation is 2. The SMILES string of the molecule is COC(=O)CN(Cc1ccccc1C)C(=O)c1ccc([N+](=O)[O-])c(C)c1. The van der Waals surface area contributed by atoms with Gasteiger partial charge in [-0.1, -0.05) is 24.3 Å². The first-order valence-corrected chi connectivity index (χ1v) is 7.99. The van der Waals surface area contributed by atoms with Gasteiger partial charge in [0.15, 0.2) is 0 Å². The molecule has 7 nitrogen and oxygen atoms in total. The summed E-state index contributed by atoms with van der Waals surface area (Å²) in [6.07, 6.45) is 0. The Morgan fingerprint density at radius 2 is 1.81 bits per heavy atom. The molecule has 2 aromatic rings. The van der Waals surface area contributed by atoms with Crippen molar-refractivity contribution in [3.05, 3.63) is 74.8 Å². The van der Waals surface area contributed by atoms with Crippen molar-refractivity contribution in [3.63, 3.8) is 0 Å². The van der Waals surface area contributed by atoms with Crippen molar-refractivity contribution in [3.8, 4) is 0 Å². The number of nitrogens with zero attached hydrogens (tertiary/aromatic N) is 2. The Bertz CT molecular complexity index is 848. The Kier molecular flexibility index (Phi) is 6.06. The fourth-order valence-corrected chi connectivity index (χ4v) is 2.59. The van der Waals surface area contributed by atoms with Crippen molar-refractivity contribution >= 4 is 17.6 Å². The molecule has 0 radical (unpaired) electrons. The Morgan fingerprint density at radius 1 is 1.12 bits per heavy atom. The number of hydrogen-bond donors (Lipinski definition) is 0. The van der Waals surface area contributed by atoms with Crippen LogP contribution >= 0.6 is 0 Å². The van der Waals surface area contributed by atoms with Gasteiger partial charge in [0.2, 0.25) is 0 Å². The number of rotatable bonds is 6. The maximum Gasteiger partial charge on any atom is 0.325 e. The molecule has 0 aliphatic heterocycles. The number of esters is 1. The highest BCUT2D eigenvalue weighted by molar-refractivity contribution is 5.96. The van der Waals surface area contributed by atoms with Crippen LogP contribution in [0.2, 0.25) is 0 Å². The molecule has 0 saturated heterocycles. The smallest absolute Gasteiger partial charge is 0.325 e. The number of hydrogen-bond acceptors (Lipinski definition) is 5. The van der Waals surface area contributed by atoms with Gasteiger partial charge >= 0.3 is 5.97 Å². The quantitative estimate of drug-likeness (QED) is 0.451. The van der Waals surface area contributed by atoms with Crippen LogP contribution in [0.25, 0.3) is 0 Å². The Morgan fingerprint density at radius 3 is 2.38 bits per heavy atom. The molecule has 0 unspecified atom stereocenters. The zero-order valence-electron chi connectivity index (χ0n) is 14.9. The van der Waals surface area contributed by atoms with Gasteiger partial charge in [0, 0.05) is 23.7 Å². The normalized spacial score (nSPS) is 10.3. The van der Waals surface area contributed by atoms with E-state index in [0.717, 1.165) is 11.1 Å². The van der Waals surface area contributed by atoms with Crippen LogP contribution in [-0.4, -0.2) is 35.4 Å². The first-order valence-electron chi connectivity index (χ1n) is 7.99. The molecule has 0 N–H and O–H groups in total. The van der Waals surface area contributed by atoms with Crippen molar-refractivity contribution in [1.29, 1.82) is 0 Å². The van der Waals surface area contributed by atoms with Crippen LogP contribution in [0.3, 0.4) is 0 Å². The highest BCUT2D eigenvalue weighted by Crippen LogP contribution is 2.21. The van der Waals surface area contributed by atoms with Crippen molar-refractivity contribution in [2.45, 2.75) is 20.4 Å². The third-order valence-corrected chi connectivity index (χ3v) is 4.10. The highest BCUT2D eigenvalue weighted by atomic mass is 16.6. The van der Waals surface area contributed by atoms with Crippen LogP contribution < -0.4 is 0 Å². The molecule has 0 aliphatic rings. The monoisotopic (exact) mass is 356 g/mol. The van der Waals surface area contributed by atoms with E-state index >= 15 is 0 Å². The zero-order chi connectivity index (χ0) is 19.3. The van der Waals surface area contributed by atoms with Gasteiger partial charge in [-0.25, -0.2) is 0 Å². The van der Waals surface area contributed by atoms with E-state index in [1.54, 1.807) is 6.92 Å². The van der Waals surface area contributed by atoms with Crippen molar-refractivity contribution in [1.82, 2.24) is 4.90 Å². The second-order valence-corrected chi connectivity index (χ2v) is 5.92. The van der Waals surface area contributed by atoms with Crippen LogP contribution in [0, 0.1) is 24.0 Å². The maximum atomic E-state index is 12.9. The minimum atomic E-state index is -0.537. The molecule has 0 aliphatic carbocycles. The standard InChI is InChI=1S/C19H20N2O5/c1-13-6-4-5-7-16(13)11-20(12-18(22)26-3)19(23)15-8-9-17(21(24)25)14(2)10-15/h4-10H,11-12H2,1-3H3. The number of carbonyl (C=O) groups is 2. The van der Waals surface area contributed by atoms with Gasteiger partial charge in [0.25, 0.3) is 11.6 Å². The van der Waals surface area contributed by atoms with Crippen LogP contribution in [0.15, 0.2) is 42.5 Å². The summed E-state index contributed by atoms with van der Waals surface area (Å²) < 4.78 is 4.69. The van der Waals surface area contributed by atoms with E-state index in [2.05, 4.69) is 4.74 Å². The van der Waals surface area contributed by atoms with Crippen molar-refractivity contribution in [2.24, 2.45) is 0 Å². The van der Waals surface area contributed by atoms with E-state index in [4.69, 9.17) is 0 Å². The largest absolute Gasteiger partial charge is 0.468 e. The first kappa shape index (κ1) is 19.1. The third kappa shape index (κ3) is 4.44. The summed E-state index contributed by atoms with van der Waals surface area (Å²) in [6.45, 7) is 3.52. The minimum absolute atomic E-state index is 0.0556. The molecule has 136 valence electrons. The van der Waals surface area contributed by atoms with Crippen LogP contribution in [0.5, 0.6) is 0 Å². The molecule has 7 heteroatoms. The Labute approximate surface area is 151 Å². The number of nitro benzene ring substituents is 1. The number of nitro groups is 1. The minimum Gasteiger partial charge on any atom is -0.468 e. The lowest BCUT2D eigenvalue weighted by Gasteiger charge is -2.22. The van der Waals surface area contributed by atoms with E-state index < -0.39 is 16.8 Å². The maximum absolute atomic E-state index is 12.9. The van der Waals surface area contributed by atoms with Gasteiger partial charge in [-0.05, 0) is 37.1 Å². The van der Waals surface area contributed by atoms with Gasteiger partial charge in [-0.2, -0.15) is 0 Å². The Hall–Kier alpha value is -3.22. The second kappa shape index (κ2) is 8.24.